The second-order valence-electron chi connectivity index (χ2n) is 15.8. The smallest absolute Gasteiger partial charge is 0.462 e. The van der Waals surface area contributed by atoms with Crippen LogP contribution in [0.15, 0.2) is 72.9 Å². The van der Waals surface area contributed by atoms with E-state index in [4.69, 9.17) is 28.3 Å². The summed E-state index contributed by atoms with van der Waals surface area (Å²) >= 11 is 0. The normalized spacial score (nSPS) is 23.3. The molecule has 1 aliphatic carbocycles. The van der Waals surface area contributed by atoms with E-state index in [-0.39, 0.29) is 25.7 Å². The van der Waals surface area contributed by atoms with Crippen molar-refractivity contribution in [3.05, 3.63) is 72.9 Å². The van der Waals surface area contributed by atoms with E-state index < -0.39 is 95.7 Å². The average molecular weight is 967 g/mol. The van der Waals surface area contributed by atoms with E-state index in [0.29, 0.717) is 12.8 Å². The number of esters is 2. The van der Waals surface area contributed by atoms with Gasteiger partial charge in [-0.15, -0.1) is 0 Å². The van der Waals surface area contributed by atoms with Crippen molar-refractivity contribution in [2.75, 3.05) is 13.2 Å². The Labute approximate surface area is 384 Å². The quantitative estimate of drug-likeness (QED) is 0.0114. The van der Waals surface area contributed by atoms with Gasteiger partial charge in [0.1, 0.15) is 43.2 Å². The molecule has 1 saturated carbocycles. The Hall–Kier alpha value is -2.64. The van der Waals surface area contributed by atoms with Gasteiger partial charge in [0.05, 0.1) is 18.8 Å². The summed E-state index contributed by atoms with van der Waals surface area (Å²) in [5.41, 5.74) is 0. The number of rotatable bonds is 36. The summed E-state index contributed by atoms with van der Waals surface area (Å²) in [6, 6.07) is 0. The highest BCUT2D eigenvalue weighted by Gasteiger charge is 2.54. The molecule has 10 atom stereocenters. The van der Waals surface area contributed by atoms with Crippen molar-refractivity contribution in [1.82, 2.24) is 0 Å². The molecule has 20 heteroatoms. The van der Waals surface area contributed by atoms with Gasteiger partial charge in [0.25, 0.3) is 0 Å². The summed E-state index contributed by atoms with van der Waals surface area (Å²) in [6.07, 6.45) is 19.1. The van der Waals surface area contributed by atoms with Crippen LogP contribution < -0.4 is 0 Å². The van der Waals surface area contributed by atoms with Crippen LogP contribution in [-0.4, -0.2) is 125 Å². The zero-order valence-corrected chi connectivity index (χ0v) is 39.6. The summed E-state index contributed by atoms with van der Waals surface area (Å²) in [5.74, 6) is -1.47. The summed E-state index contributed by atoms with van der Waals surface area (Å²) in [5, 5.41) is 61.6. The topological polar surface area (TPSA) is 296 Å². The van der Waals surface area contributed by atoms with Crippen molar-refractivity contribution in [2.45, 2.75) is 184 Å². The van der Waals surface area contributed by atoms with Crippen LogP contribution in [0.3, 0.4) is 0 Å². The lowest BCUT2D eigenvalue weighted by molar-refractivity contribution is -0.216. The number of allylic oxidation sites excluding steroid dienone is 9. The number of hydrogen-bond donors (Lipinski definition) is 9. The highest BCUT2D eigenvalue weighted by atomic mass is 31.2. The lowest BCUT2D eigenvalue weighted by atomic mass is 9.85. The van der Waals surface area contributed by atoms with Crippen LogP contribution in [-0.2, 0) is 41.8 Å². The fourth-order valence-electron chi connectivity index (χ4n) is 6.31. The summed E-state index contributed by atoms with van der Waals surface area (Å²) < 4.78 is 49.1. The van der Waals surface area contributed by atoms with Gasteiger partial charge in [0.2, 0.25) is 0 Å². The molecular weight excluding hydrogens is 890 g/mol. The monoisotopic (exact) mass is 966 g/mol. The minimum Gasteiger partial charge on any atom is -0.462 e. The molecule has 9 N–H and O–H groups in total. The molecule has 18 nitrogen and oxygen atoms in total. The number of unbranched alkanes of at least 4 members (excludes halogenated alkanes) is 9. The average Bonchev–Trinajstić information content (AvgIpc) is 3.25. The summed E-state index contributed by atoms with van der Waals surface area (Å²) in [4.78, 5) is 54.2. The Kier molecular flexibility index (Phi) is 33.0. The van der Waals surface area contributed by atoms with Crippen LogP contribution >= 0.6 is 15.6 Å². The number of aliphatic hydroxyl groups excluding tert-OH is 6. The van der Waals surface area contributed by atoms with Crippen molar-refractivity contribution in [3.63, 3.8) is 0 Å². The molecule has 1 aliphatic rings. The molecule has 0 aromatic heterocycles. The van der Waals surface area contributed by atoms with Crippen LogP contribution in [0, 0.1) is 0 Å². The van der Waals surface area contributed by atoms with E-state index in [1.54, 1.807) is 30.4 Å². The zero-order chi connectivity index (χ0) is 48.5. The number of carbonyl (C=O) groups excluding carboxylic acids is 2. The predicted octanol–water partition coefficient (Wildman–Crippen LogP) is 6.00. The first-order chi connectivity index (χ1) is 30.9. The third kappa shape index (κ3) is 30.4. The van der Waals surface area contributed by atoms with Gasteiger partial charge in [0, 0.05) is 12.8 Å². The fraction of sp³-hybridized carbons (Fsp3) is 0.689. The second kappa shape index (κ2) is 35.5. The molecule has 0 amide bonds. The Morgan fingerprint density at radius 3 is 1.80 bits per heavy atom. The molecular formula is C45H76O18P2. The lowest BCUT2D eigenvalue weighted by Gasteiger charge is -2.43. The SMILES string of the molecule is CCC/C=C\C/C=C\CCCCCCCC(=O)OC[C@H](COP(=O)(O)O[C@H]1C(O)C(O)C(O)[C@@H](OP(=O)(O)O)C1O)OC(=O)CCC[C@@H](O)\C=C/C=C/C=C/[C@@H](O)C/C=C\CCCCC. The standard InChI is InChI=1S/C45H76O18P2/c1-3-5-7-9-11-12-13-14-15-16-17-19-25-31-38(48)59-33-37(34-60-65(57,58)63-45-42(52)40(50)41(51)44(43(45)53)62-64(54,55)56)61-39(49)32-26-30-36(47)29-24-21-20-23-28-35(46)27-22-18-10-8-6-4-2/h7,9,12-13,18,20-24,28-29,35-37,40-47,50-53H,3-6,8,10-11,14-17,19,25-27,30-34H2,1-2H3,(H,57,58)(H2,54,55,56)/b9-7-,13-12-,21-20+,22-18-,28-23+,29-24-/t35-,36-,37+,40?,41?,42?,43?,44+,45-/m0/s1. The highest BCUT2D eigenvalue weighted by molar-refractivity contribution is 7.47. The predicted molar refractivity (Wildman–Crippen MR) is 244 cm³/mol. The first-order valence-corrected chi connectivity index (χ1v) is 25.7. The molecule has 0 aliphatic heterocycles. The van der Waals surface area contributed by atoms with Gasteiger partial charge >= 0.3 is 27.6 Å². The fourth-order valence-corrected chi connectivity index (χ4v) is 7.85. The van der Waals surface area contributed by atoms with Crippen LogP contribution in [0.4, 0.5) is 0 Å². The van der Waals surface area contributed by atoms with Crippen molar-refractivity contribution < 1.29 is 87.1 Å². The van der Waals surface area contributed by atoms with Crippen LogP contribution in [0.2, 0.25) is 0 Å². The molecule has 1 rings (SSSR count). The van der Waals surface area contributed by atoms with E-state index in [2.05, 4.69) is 48.8 Å². The number of aliphatic hydroxyl groups is 6. The minimum absolute atomic E-state index is 0.0479. The largest absolute Gasteiger partial charge is 0.472 e. The molecule has 0 spiro atoms. The number of ether oxygens (including phenoxy) is 2. The molecule has 0 bridgehead atoms. The third-order valence-corrected chi connectivity index (χ3v) is 11.4. The van der Waals surface area contributed by atoms with E-state index in [9.17, 15) is 54.3 Å². The number of hydrogen-bond acceptors (Lipinski definition) is 15. The maximum absolute atomic E-state index is 13.0. The van der Waals surface area contributed by atoms with Gasteiger partial charge in [-0.05, 0) is 64.2 Å². The van der Waals surface area contributed by atoms with Crippen molar-refractivity contribution >= 4 is 27.6 Å². The van der Waals surface area contributed by atoms with E-state index in [0.717, 1.165) is 70.6 Å². The lowest BCUT2D eigenvalue weighted by Crippen LogP contribution is -2.64. The highest BCUT2D eigenvalue weighted by Crippen LogP contribution is 2.49. The molecule has 374 valence electrons. The molecule has 0 aromatic carbocycles. The Bertz CT molecular complexity index is 1580. The van der Waals surface area contributed by atoms with Crippen LogP contribution in [0.5, 0.6) is 0 Å². The van der Waals surface area contributed by atoms with Gasteiger partial charge in [-0.1, -0.05) is 125 Å². The molecule has 65 heavy (non-hydrogen) atoms. The minimum atomic E-state index is -5.40. The second-order valence-corrected chi connectivity index (χ2v) is 18.4. The van der Waals surface area contributed by atoms with Crippen molar-refractivity contribution in [2.24, 2.45) is 0 Å². The number of phosphoric acid groups is 2. The third-order valence-electron chi connectivity index (χ3n) is 9.92. The van der Waals surface area contributed by atoms with Crippen molar-refractivity contribution in [1.29, 1.82) is 0 Å². The molecule has 0 saturated heterocycles. The van der Waals surface area contributed by atoms with Gasteiger partial charge < -0.3 is 54.8 Å². The summed E-state index contributed by atoms with van der Waals surface area (Å²) in [7, 11) is -10.8. The maximum Gasteiger partial charge on any atom is 0.472 e. The maximum atomic E-state index is 13.0. The van der Waals surface area contributed by atoms with E-state index >= 15 is 0 Å². The zero-order valence-electron chi connectivity index (χ0n) is 37.9. The molecule has 5 unspecified atom stereocenters. The molecule has 0 heterocycles. The number of phosphoric ester groups is 2. The Balaban J connectivity index is 2.75. The van der Waals surface area contributed by atoms with Gasteiger partial charge in [-0.2, -0.15) is 0 Å². The number of carbonyl (C=O) groups is 2. The van der Waals surface area contributed by atoms with E-state index in [1.807, 2.05) is 6.08 Å². The summed E-state index contributed by atoms with van der Waals surface area (Å²) in [6.45, 7) is 2.74. The van der Waals surface area contributed by atoms with Gasteiger partial charge in [-0.3, -0.25) is 23.2 Å². The van der Waals surface area contributed by atoms with Gasteiger partial charge in [-0.25, -0.2) is 9.13 Å². The molecule has 0 radical (unpaired) electrons. The van der Waals surface area contributed by atoms with Crippen LogP contribution in [0.1, 0.15) is 129 Å². The van der Waals surface area contributed by atoms with E-state index in [1.165, 1.54) is 12.5 Å². The van der Waals surface area contributed by atoms with Crippen molar-refractivity contribution in [3.8, 4) is 0 Å². The first kappa shape index (κ1) is 60.4. The van der Waals surface area contributed by atoms with Gasteiger partial charge in [0.15, 0.2) is 6.10 Å². The molecule has 0 aromatic rings. The Morgan fingerprint density at radius 2 is 1.15 bits per heavy atom. The Morgan fingerprint density at radius 1 is 0.585 bits per heavy atom. The van der Waals surface area contributed by atoms with Crippen LogP contribution in [0.25, 0.3) is 0 Å². The first-order valence-electron chi connectivity index (χ1n) is 22.7. The molecule has 1 fully saturated rings.